The highest BCUT2D eigenvalue weighted by molar-refractivity contribution is 7.92. The number of pyridine rings is 1. The van der Waals surface area contributed by atoms with Gasteiger partial charge in [-0.15, -0.1) is 0 Å². The third kappa shape index (κ3) is 12.7. The Kier molecular flexibility index (Phi) is 15.5. The first kappa shape index (κ1) is 48.7. The largest absolute Gasteiger partial charge is 0.496 e. The summed E-state index contributed by atoms with van der Waals surface area (Å²) in [5, 5.41) is 16.2. The number of piperazine rings is 1. The zero-order valence-electron chi connectivity index (χ0n) is 38.0. The number of methoxy groups -OCH3 is 2. The molecule has 0 unspecified atom stereocenters. The molecule has 6 rings (SSSR count). The van der Waals surface area contributed by atoms with Crippen LogP contribution in [0.1, 0.15) is 67.2 Å². The van der Waals surface area contributed by atoms with E-state index < -0.39 is 34.5 Å². The van der Waals surface area contributed by atoms with Crippen molar-refractivity contribution >= 4 is 61.5 Å². The van der Waals surface area contributed by atoms with Crippen molar-refractivity contribution in [3.63, 3.8) is 0 Å². The lowest BCUT2D eigenvalue weighted by Crippen LogP contribution is -2.53. The van der Waals surface area contributed by atoms with E-state index >= 15 is 0 Å². The van der Waals surface area contributed by atoms with Crippen LogP contribution in [0.4, 0.5) is 21.9 Å². The third-order valence-corrected chi connectivity index (χ3v) is 11.7. The van der Waals surface area contributed by atoms with Crippen molar-refractivity contribution in [2.45, 2.75) is 57.9 Å². The van der Waals surface area contributed by atoms with E-state index in [1.807, 2.05) is 63.2 Å². The Balaban J connectivity index is 1.08. The third-order valence-electron chi connectivity index (χ3n) is 11.1. The predicted molar refractivity (Wildman–Crippen MR) is 254 cm³/mol. The van der Waals surface area contributed by atoms with Crippen LogP contribution in [0, 0.1) is 0 Å². The number of nitrogens with two attached hydrogens (primary N) is 1. The molecule has 5 aromatic rings. The first-order valence-electron chi connectivity index (χ1n) is 21.4. The number of carboxylic acids is 1. The minimum absolute atomic E-state index is 0.0429. The smallest absolute Gasteiger partial charge is 0.323 e. The average molecular weight is 924 g/mol. The first-order valence-corrected chi connectivity index (χ1v) is 23.3. The fourth-order valence-corrected chi connectivity index (χ4v) is 8.27. The summed E-state index contributed by atoms with van der Waals surface area (Å²) in [6, 6.07) is 21.9. The highest BCUT2D eigenvalue weighted by Gasteiger charge is 2.27. The van der Waals surface area contributed by atoms with Gasteiger partial charge in [-0.1, -0.05) is 51.1 Å². The summed E-state index contributed by atoms with van der Waals surface area (Å²) in [5.41, 5.74) is 9.24. The number of urea groups is 1. The van der Waals surface area contributed by atoms with Gasteiger partial charge in [0.1, 0.15) is 17.2 Å². The highest BCUT2D eigenvalue weighted by atomic mass is 32.2. The molecule has 18 heteroatoms. The number of aliphatic carboxylic acids is 1. The van der Waals surface area contributed by atoms with Crippen LogP contribution in [0.2, 0.25) is 0 Å². The summed E-state index contributed by atoms with van der Waals surface area (Å²) in [6.07, 6.45) is 3.67. The number of carbonyl (C=O) groups is 4. The molecule has 6 N–H and O–H groups in total. The summed E-state index contributed by atoms with van der Waals surface area (Å²) >= 11 is 0. The van der Waals surface area contributed by atoms with E-state index in [-0.39, 0.29) is 34.2 Å². The summed E-state index contributed by atoms with van der Waals surface area (Å²) in [4.78, 5) is 58.6. The molecule has 66 heavy (non-hydrogen) atoms. The number of carbonyl (C=O) groups excluding carboxylic acids is 3. The second kappa shape index (κ2) is 21.0. The van der Waals surface area contributed by atoms with Crippen molar-refractivity contribution in [1.29, 1.82) is 0 Å². The van der Waals surface area contributed by atoms with Crippen molar-refractivity contribution < 1.29 is 46.9 Å². The SMILES string of the molecule is COc1cc(Cc2cc(Oc3ccc(NC(=O)Nc4cc(C(C)(C)C)cc(NS(C)(=O)=O)c4OC)c4ccccc34)ccn2)ccc1C(=O)CCCN1CCN(C(=O)[C@@H](N)CC(=O)O)CC1. The van der Waals surface area contributed by atoms with Crippen LogP contribution >= 0.6 is 0 Å². The number of hydrogen-bond donors (Lipinski definition) is 5. The fraction of sp³-hybridized carbons (Fsp3) is 0.354. The Bertz CT molecular complexity index is 2710. The second-order valence-electron chi connectivity index (χ2n) is 17.2. The van der Waals surface area contributed by atoms with E-state index in [0.29, 0.717) is 85.9 Å². The zero-order valence-corrected chi connectivity index (χ0v) is 38.8. The molecule has 1 saturated heterocycles. The second-order valence-corrected chi connectivity index (χ2v) is 18.9. The minimum atomic E-state index is -3.66. The highest BCUT2D eigenvalue weighted by Crippen LogP contribution is 2.40. The molecule has 1 atom stereocenters. The van der Waals surface area contributed by atoms with Gasteiger partial charge in [0, 0.05) is 67.8 Å². The topological polar surface area (TPSA) is 232 Å². The van der Waals surface area contributed by atoms with Gasteiger partial charge in [0.05, 0.1) is 55.6 Å². The number of nitrogens with one attached hydrogen (secondary N) is 3. The van der Waals surface area contributed by atoms with Crippen LogP contribution < -0.4 is 35.3 Å². The maximum Gasteiger partial charge on any atom is 0.323 e. The van der Waals surface area contributed by atoms with E-state index in [2.05, 4.69) is 25.2 Å². The number of ketones is 1. The van der Waals surface area contributed by atoms with Gasteiger partial charge in [0.25, 0.3) is 0 Å². The zero-order chi connectivity index (χ0) is 47.8. The van der Waals surface area contributed by atoms with Gasteiger partial charge in [-0.2, -0.15) is 0 Å². The number of fused-ring (bicyclic) bond motifs is 1. The number of ether oxygens (including phenoxy) is 3. The molecule has 0 bridgehead atoms. The number of nitrogens with zero attached hydrogens (tertiary/aromatic N) is 3. The lowest BCUT2D eigenvalue weighted by atomic mass is 9.86. The molecule has 2 heterocycles. The number of carboxylic acid groups (broad SMARTS) is 1. The Morgan fingerprint density at radius 2 is 1.55 bits per heavy atom. The fourth-order valence-electron chi connectivity index (χ4n) is 7.72. The van der Waals surface area contributed by atoms with Gasteiger partial charge < -0.3 is 40.6 Å². The van der Waals surface area contributed by atoms with E-state index in [0.717, 1.165) is 28.5 Å². The van der Waals surface area contributed by atoms with E-state index in [1.165, 1.54) is 14.2 Å². The normalized spacial score (nSPS) is 13.7. The number of benzene rings is 4. The summed E-state index contributed by atoms with van der Waals surface area (Å²) < 4.78 is 44.5. The molecule has 1 fully saturated rings. The number of hydrogen-bond acceptors (Lipinski definition) is 12. The average Bonchev–Trinajstić information content (AvgIpc) is 3.26. The molecule has 0 radical (unpaired) electrons. The standard InChI is InChI=1S/C48H57N7O10S/c1-48(2,3)31-26-39(45(64-5)40(27-31)53-66(6,61)62)52-47(60)51-38-15-16-42(35-11-8-7-10-34(35)38)65-33-17-18-50-32(28-33)24-30-13-14-36(43(25-30)63-4)41(56)12-9-19-54-20-22-55(23-21-54)46(59)37(49)29-44(57)58/h7-8,10-11,13-18,25-28,37,53H,9,12,19-24,29,49H2,1-6H3,(H,57,58)(H2,51,52,60)/t37-/m0/s1. The molecular weight excluding hydrogens is 867 g/mol. The van der Waals surface area contributed by atoms with Crippen LogP contribution in [0.5, 0.6) is 23.0 Å². The lowest BCUT2D eigenvalue weighted by Gasteiger charge is -2.35. The maximum absolute atomic E-state index is 13.6. The molecule has 1 aliphatic heterocycles. The first-order chi connectivity index (χ1) is 31.3. The van der Waals surface area contributed by atoms with Crippen LogP contribution in [0.15, 0.2) is 85.1 Å². The van der Waals surface area contributed by atoms with Crippen LogP contribution in [-0.2, 0) is 31.4 Å². The van der Waals surface area contributed by atoms with Crippen LogP contribution in [0.25, 0.3) is 10.8 Å². The number of amides is 3. The summed E-state index contributed by atoms with van der Waals surface area (Å²) in [5.74, 6) is 0.205. The molecule has 0 aliphatic carbocycles. The number of aromatic nitrogens is 1. The number of sulfonamides is 1. The predicted octanol–water partition coefficient (Wildman–Crippen LogP) is 6.86. The number of anilines is 3. The Labute approximate surface area is 384 Å². The molecule has 0 saturated carbocycles. The van der Waals surface area contributed by atoms with Gasteiger partial charge >= 0.3 is 12.0 Å². The number of Topliss-reactive ketones (excluding diaryl/α,β-unsaturated/α-hetero) is 1. The van der Waals surface area contributed by atoms with Crippen LogP contribution in [-0.4, -0.2) is 111 Å². The molecule has 17 nitrogen and oxygen atoms in total. The Hall–Kier alpha value is -6.76. The van der Waals surface area contributed by atoms with Gasteiger partial charge in [-0.25, -0.2) is 13.2 Å². The quantitative estimate of drug-likeness (QED) is 0.0567. The van der Waals surface area contributed by atoms with Gasteiger partial charge in [0.15, 0.2) is 11.5 Å². The van der Waals surface area contributed by atoms with Gasteiger partial charge in [-0.05, 0) is 72.0 Å². The van der Waals surface area contributed by atoms with Crippen molar-refractivity contribution in [2.24, 2.45) is 5.73 Å². The van der Waals surface area contributed by atoms with Gasteiger partial charge in [-0.3, -0.25) is 29.0 Å². The van der Waals surface area contributed by atoms with Crippen LogP contribution in [0.3, 0.4) is 0 Å². The number of rotatable bonds is 18. The lowest BCUT2D eigenvalue weighted by molar-refractivity contribution is -0.142. The van der Waals surface area contributed by atoms with E-state index in [9.17, 15) is 27.6 Å². The Morgan fingerprint density at radius 1 is 0.848 bits per heavy atom. The molecule has 3 amide bonds. The van der Waals surface area contributed by atoms with Crippen molar-refractivity contribution in [1.82, 2.24) is 14.8 Å². The van der Waals surface area contributed by atoms with E-state index in [1.54, 1.807) is 47.5 Å². The minimum Gasteiger partial charge on any atom is -0.496 e. The Morgan fingerprint density at radius 3 is 2.21 bits per heavy atom. The van der Waals surface area contributed by atoms with Crippen molar-refractivity contribution in [2.75, 3.05) is 68.6 Å². The molecule has 4 aromatic carbocycles. The molecule has 1 aromatic heterocycles. The summed E-state index contributed by atoms with van der Waals surface area (Å²) in [7, 11) is -0.727. The van der Waals surface area contributed by atoms with E-state index in [4.69, 9.17) is 25.1 Å². The molecule has 1 aliphatic rings. The maximum atomic E-state index is 13.6. The van der Waals surface area contributed by atoms with Crippen molar-refractivity contribution in [3.05, 3.63) is 107 Å². The molecule has 0 spiro atoms. The van der Waals surface area contributed by atoms with Crippen molar-refractivity contribution in [3.8, 4) is 23.0 Å². The molecule has 350 valence electrons. The summed E-state index contributed by atoms with van der Waals surface area (Å²) in [6.45, 7) is 8.74. The molecular formula is C48H57N7O10S. The monoisotopic (exact) mass is 923 g/mol. The van der Waals surface area contributed by atoms with Gasteiger partial charge in [0.2, 0.25) is 15.9 Å².